The summed E-state index contributed by atoms with van der Waals surface area (Å²) in [5.74, 6) is 0. The minimum atomic E-state index is 0.00394. The van der Waals surface area contributed by atoms with Gasteiger partial charge < -0.3 is 4.90 Å². The molecule has 2 aromatic rings. The highest BCUT2D eigenvalue weighted by Crippen LogP contribution is 2.46. The monoisotopic (exact) mass is 290 g/mol. The first-order chi connectivity index (χ1) is 10.5. The average Bonchev–Trinajstić information content (AvgIpc) is 2.69. The number of benzene rings is 2. The van der Waals surface area contributed by atoms with Crippen LogP contribution >= 0.6 is 0 Å². The fraction of sp³-hybridized carbons (Fsp3) is 0.250. The van der Waals surface area contributed by atoms with Crippen LogP contribution in [-0.2, 0) is 5.41 Å². The minimum Gasteiger partial charge on any atom is -0.347 e. The van der Waals surface area contributed by atoms with Gasteiger partial charge in [0.1, 0.15) is 0 Å². The van der Waals surface area contributed by atoms with Crippen molar-refractivity contribution < 1.29 is 0 Å². The zero-order valence-electron chi connectivity index (χ0n) is 13.7. The topological polar surface area (TPSA) is 15.6 Å². The zero-order chi connectivity index (χ0) is 15.7. The van der Waals surface area contributed by atoms with Crippen LogP contribution in [0.15, 0.2) is 65.3 Å². The van der Waals surface area contributed by atoms with Gasteiger partial charge in [0, 0.05) is 30.1 Å². The molecule has 0 amide bonds. The second-order valence-electron chi connectivity index (χ2n) is 6.37. The molecule has 0 N–H and O–H groups in total. The fourth-order valence-electron chi connectivity index (χ4n) is 3.20. The summed E-state index contributed by atoms with van der Waals surface area (Å²) in [5.41, 5.74) is 6.14. The molecule has 0 saturated heterocycles. The van der Waals surface area contributed by atoms with E-state index in [1.165, 1.54) is 22.5 Å². The Morgan fingerprint density at radius 2 is 1.82 bits per heavy atom. The Hall–Kier alpha value is -2.35. The molecule has 0 bridgehead atoms. The van der Waals surface area contributed by atoms with E-state index in [2.05, 4.69) is 80.2 Å². The summed E-state index contributed by atoms with van der Waals surface area (Å²) in [7, 11) is 2.12. The van der Waals surface area contributed by atoms with Crippen LogP contribution in [0.4, 0.5) is 11.4 Å². The van der Waals surface area contributed by atoms with Gasteiger partial charge in [0.15, 0.2) is 0 Å². The molecule has 22 heavy (non-hydrogen) atoms. The third-order valence-corrected chi connectivity index (χ3v) is 4.40. The third kappa shape index (κ3) is 2.45. The number of allylic oxidation sites excluding steroid dienone is 2. The SMILES string of the molecule is Cc1cccc(N=CC=C2N(C)c3ccccc3C2(C)C)c1. The van der Waals surface area contributed by atoms with Crippen molar-refractivity contribution in [3.63, 3.8) is 0 Å². The Morgan fingerprint density at radius 3 is 2.55 bits per heavy atom. The molecule has 0 atom stereocenters. The van der Waals surface area contributed by atoms with Crippen LogP contribution in [0.5, 0.6) is 0 Å². The van der Waals surface area contributed by atoms with Crippen molar-refractivity contribution in [1.82, 2.24) is 0 Å². The summed E-state index contributed by atoms with van der Waals surface area (Å²) < 4.78 is 0. The van der Waals surface area contributed by atoms with Gasteiger partial charge in [-0.05, 0) is 42.3 Å². The predicted molar refractivity (Wildman–Crippen MR) is 95.3 cm³/mol. The van der Waals surface area contributed by atoms with Crippen molar-refractivity contribution in [1.29, 1.82) is 0 Å². The van der Waals surface area contributed by atoms with E-state index in [1.54, 1.807) is 0 Å². The Kier molecular flexibility index (Phi) is 3.61. The van der Waals surface area contributed by atoms with Gasteiger partial charge in [0.25, 0.3) is 0 Å². The van der Waals surface area contributed by atoms with Gasteiger partial charge in [-0.15, -0.1) is 0 Å². The van der Waals surface area contributed by atoms with Crippen LogP contribution in [0.2, 0.25) is 0 Å². The third-order valence-electron chi connectivity index (χ3n) is 4.40. The molecular formula is C20H22N2. The number of nitrogens with zero attached hydrogens (tertiary/aromatic N) is 2. The van der Waals surface area contributed by atoms with Gasteiger partial charge in [0.2, 0.25) is 0 Å². The molecule has 1 aliphatic heterocycles. The molecule has 0 saturated carbocycles. The zero-order valence-corrected chi connectivity index (χ0v) is 13.7. The van der Waals surface area contributed by atoms with Crippen molar-refractivity contribution in [2.45, 2.75) is 26.2 Å². The molecule has 3 rings (SSSR count). The molecule has 2 aromatic carbocycles. The molecule has 112 valence electrons. The molecule has 2 heteroatoms. The molecular weight excluding hydrogens is 268 g/mol. The van der Waals surface area contributed by atoms with E-state index in [0.29, 0.717) is 0 Å². The smallest absolute Gasteiger partial charge is 0.0632 e. The highest BCUT2D eigenvalue weighted by Gasteiger charge is 2.37. The first-order valence-electron chi connectivity index (χ1n) is 7.65. The lowest BCUT2D eigenvalue weighted by atomic mass is 9.84. The molecule has 0 aliphatic carbocycles. The van der Waals surface area contributed by atoms with Crippen LogP contribution in [-0.4, -0.2) is 13.3 Å². The van der Waals surface area contributed by atoms with Crippen LogP contribution in [0, 0.1) is 6.92 Å². The Bertz CT molecular complexity index is 754. The van der Waals surface area contributed by atoms with E-state index < -0.39 is 0 Å². The van der Waals surface area contributed by atoms with Crippen LogP contribution in [0.25, 0.3) is 0 Å². The van der Waals surface area contributed by atoms with Gasteiger partial charge in [-0.25, -0.2) is 0 Å². The maximum atomic E-state index is 4.57. The molecule has 0 aromatic heterocycles. The largest absolute Gasteiger partial charge is 0.347 e. The van der Waals surface area contributed by atoms with Crippen molar-refractivity contribution in [3.05, 3.63) is 71.4 Å². The predicted octanol–water partition coefficient (Wildman–Crippen LogP) is 5.01. The highest BCUT2D eigenvalue weighted by atomic mass is 15.2. The fourth-order valence-corrected chi connectivity index (χ4v) is 3.20. The van der Waals surface area contributed by atoms with E-state index in [9.17, 15) is 0 Å². The summed E-state index contributed by atoms with van der Waals surface area (Å²) in [6.07, 6.45) is 4.04. The summed E-state index contributed by atoms with van der Waals surface area (Å²) in [4.78, 5) is 6.83. The second kappa shape index (κ2) is 5.45. The van der Waals surface area contributed by atoms with E-state index in [4.69, 9.17) is 0 Å². The first kappa shape index (κ1) is 14.6. The number of para-hydroxylation sites is 1. The van der Waals surface area contributed by atoms with Crippen LogP contribution in [0.1, 0.15) is 25.0 Å². The summed E-state index contributed by atoms with van der Waals surface area (Å²) in [6.45, 7) is 6.62. The average molecular weight is 290 g/mol. The Labute approximate surface area is 132 Å². The summed E-state index contributed by atoms with van der Waals surface area (Å²) >= 11 is 0. The van der Waals surface area contributed by atoms with Crippen molar-refractivity contribution in [2.24, 2.45) is 4.99 Å². The van der Waals surface area contributed by atoms with Crippen molar-refractivity contribution >= 4 is 17.6 Å². The number of anilines is 1. The summed E-state index contributed by atoms with van der Waals surface area (Å²) in [6, 6.07) is 16.8. The van der Waals surface area contributed by atoms with Gasteiger partial charge in [-0.1, -0.05) is 44.2 Å². The second-order valence-corrected chi connectivity index (χ2v) is 6.37. The first-order valence-corrected chi connectivity index (χ1v) is 7.65. The number of likely N-dealkylation sites (N-methyl/N-ethyl adjacent to an activating group) is 1. The van der Waals surface area contributed by atoms with Crippen molar-refractivity contribution in [2.75, 3.05) is 11.9 Å². The number of aliphatic imine (C=N–C) groups is 1. The Balaban J connectivity index is 1.92. The van der Waals surface area contributed by atoms with E-state index in [0.717, 1.165) is 5.69 Å². The number of hydrogen-bond acceptors (Lipinski definition) is 2. The van der Waals surface area contributed by atoms with E-state index in [-0.39, 0.29) is 5.41 Å². The van der Waals surface area contributed by atoms with Gasteiger partial charge in [0.05, 0.1) is 5.69 Å². The van der Waals surface area contributed by atoms with Crippen LogP contribution < -0.4 is 4.90 Å². The summed E-state index contributed by atoms with van der Waals surface area (Å²) in [5, 5.41) is 0. The van der Waals surface area contributed by atoms with Gasteiger partial charge >= 0.3 is 0 Å². The molecule has 0 unspecified atom stereocenters. The normalized spacial score (nSPS) is 18.2. The highest BCUT2D eigenvalue weighted by molar-refractivity contribution is 5.80. The van der Waals surface area contributed by atoms with Gasteiger partial charge in [-0.3, -0.25) is 4.99 Å². The lowest BCUT2D eigenvalue weighted by Gasteiger charge is -2.23. The lowest BCUT2D eigenvalue weighted by molar-refractivity contribution is 0.641. The maximum absolute atomic E-state index is 4.57. The molecule has 0 spiro atoms. The number of aryl methyl sites for hydroxylation is 1. The molecule has 1 aliphatic rings. The quantitative estimate of drug-likeness (QED) is 0.710. The maximum Gasteiger partial charge on any atom is 0.0632 e. The van der Waals surface area contributed by atoms with Crippen LogP contribution in [0.3, 0.4) is 0 Å². The van der Waals surface area contributed by atoms with Crippen molar-refractivity contribution in [3.8, 4) is 0 Å². The van der Waals surface area contributed by atoms with Gasteiger partial charge in [-0.2, -0.15) is 0 Å². The number of rotatable bonds is 2. The standard InChI is InChI=1S/C20H22N2/c1-15-8-7-9-16(14-15)21-13-12-19-20(2,3)17-10-5-6-11-18(17)22(19)4/h5-14H,1-4H3. The number of hydrogen-bond donors (Lipinski definition) is 0. The number of fused-ring (bicyclic) bond motifs is 1. The minimum absolute atomic E-state index is 0.00394. The Morgan fingerprint density at radius 1 is 1.05 bits per heavy atom. The molecule has 2 nitrogen and oxygen atoms in total. The molecule has 0 radical (unpaired) electrons. The van der Waals surface area contributed by atoms with E-state index in [1.807, 2.05) is 18.3 Å². The molecule has 1 heterocycles. The lowest BCUT2D eigenvalue weighted by Crippen LogP contribution is -2.22. The van der Waals surface area contributed by atoms with E-state index >= 15 is 0 Å². The molecule has 0 fully saturated rings.